The minimum Gasteiger partial charge on any atom is -0.508 e. The van der Waals surface area contributed by atoms with E-state index in [1.807, 2.05) is 0 Å². The number of aliphatic hydroxyl groups excluding tert-OH is 3. The molecule has 1 aromatic carbocycles. The number of aromatic hydroxyl groups is 1. The van der Waals surface area contributed by atoms with Gasteiger partial charge in [-0.15, -0.1) is 0 Å². The van der Waals surface area contributed by atoms with Gasteiger partial charge in [0.05, 0.1) is 12.9 Å². The number of hydrogen-bond acceptors (Lipinski definition) is 10. The molecule has 0 aliphatic carbocycles. The second kappa shape index (κ2) is 7.56. The smallest absolute Gasteiger partial charge is 0.321 e. The van der Waals surface area contributed by atoms with E-state index in [9.17, 15) is 15.3 Å². The van der Waals surface area contributed by atoms with Crippen LogP contribution in [-0.2, 0) is 11.3 Å². The first-order valence-electron chi connectivity index (χ1n) is 8.57. The van der Waals surface area contributed by atoms with Crippen molar-refractivity contribution in [1.29, 1.82) is 0 Å². The van der Waals surface area contributed by atoms with Gasteiger partial charge in [-0.25, -0.2) is 4.98 Å². The highest BCUT2D eigenvalue weighted by atomic mass is 16.7. The maximum atomic E-state index is 10.1. The van der Waals surface area contributed by atoms with Gasteiger partial charge in [-0.2, -0.15) is 9.97 Å². The van der Waals surface area contributed by atoms with Crippen LogP contribution in [-0.4, -0.2) is 71.6 Å². The van der Waals surface area contributed by atoms with Crippen LogP contribution in [0.4, 0.5) is 5.82 Å². The van der Waals surface area contributed by atoms with E-state index in [0.717, 1.165) is 5.56 Å². The summed E-state index contributed by atoms with van der Waals surface area (Å²) in [5.74, 6) is 0.585. The highest BCUT2D eigenvalue weighted by molar-refractivity contribution is 5.82. The number of phenols is 1. The summed E-state index contributed by atoms with van der Waals surface area (Å²) in [6, 6.07) is 6.58. The van der Waals surface area contributed by atoms with Crippen LogP contribution >= 0.6 is 0 Å². The van der Waals surface area contributed by atoms with Gasteiger partial charge in [-0.05, 0) is 17.7 Å². The molecule has 28 heavy (non-hydrogen) atoms. The van der Waals surface area contributed by atoms with E-state index in [-0.39, 0.29) is 11.8 Å². The van der Waals surface area contributed by atoms with Gasteiger partial charge in [0, 0.05) is 6.54 Å². The Bertz CT molecular complexity index is 949. The predicted octanol–water partition coefficient (Wildman–Crippen LogP) is -0.512. The lowest BCUT2D eigenvalue weighted by Gasteiger charge is -2.18. The summed E-state index contributed by atoms with van der Waals surface area (Å²) >= 11 is 0. The second-order valence-electron chi connectivity index (χ2n) is 6.30. The number of hydrogen-bond donors (Lipinski definition) is 6. The van der Waals surface area contributed by atoms with Gasteiger partial charge in [0.2, 0.25) is 0 Å². The number of phenolic OH excluding ortho intramolecular Hbond substituents is 1. The molecule has 11 heteroatoms. The van der Waals surface area contributed by atoms with E-state index in [2.05, 4.69) is 25.3 Å². The van der Waals surface area contributed by atoms with Gasteiger partial charge in [-0.1, -0.05) is 12.1 Å². The highest BCUT2D eigenvalue weighted by Crippen LogP contribution is 2.26. The van der Waals surface area contributed by atoms with Crippen molar-refractivity contribution in [2.75, 3.05) is 11.9 Å². The Hall–Kier alpha value is -2.99. The van der Waals surface area contributed by atoms with E-state index >= 15 is 0 Å². The topological polar surface area (TPSA) is 166 Å². The Morgan fingerprint density at radius 2 is 1.96 bits per heavy atom. The molecule has 3 heterocycles. The fourth-order valence-electron chi connectivity index (χ4n) is 2.91. The van der Waals surface area contributed by atoms with Gasteiger partial charge in [-0.3, -0.25) is 0 Å². The molecular weight excluding hydrogens is 370 g/mol. The van der Waals surface area contributed by atoms with Gasteiger partial charge in [0.1, 0.15) is 23.5 Å². The fourth-order valence-corrected chi connectivity index (χ4v) is 2.91. The summed E-state index contributed by atoms with van der Waals surface area (Å²) in [7, 11) is 0. The zero-order chi connectivity index (χ0) is 19.7. The third-order valence-electron chi connectivity index (χ3n) is 4.40. The first-order valence-corrected chi connectivity index (χ1v) is 8.57. The van der Waals surface area contributed by atoms with E-state index in [1.165, 1.54) is 6.33 Å². The van der Waals surface area contributed by atoms with Crippen molar-refractivity contribution >= 4 is 17.0 Å². The maximum absolute atomic E-state index is 10.1. The lowest BCUT2D eigenvalue weighted by molar-refractivity contribution is -0.129. The lowest BCUT2D eigenvalue weighted by atomic mass is 10.1. The van der Waals surface area contributed by atoms with Crippen LogP contribution in [0.5, 0.6) is 11.8 Å². The predicted molar refractivity (Wildman–Crippen MR) is 95.5 cm³/mol. The number of nitrogens with zero attached hydrogens (tertiary/aromatic N) is 3. The van der Waals surface area contributed by atoms with Crippen molar-refractivity contribution in [3.63, 3.8) is 0 Å². The number of benzene rings is 1. The number of rotatable bonds is 6. The Morgan fingerprint density at radius 1 is 1.18 bits per heavy atom. The first kappa shape index (κ1) is 18.4. The summed E-state index contributed by atoms with van der Waals surface area (Å²) in [4.78, 5) is 15.5. The number of imidazole rings is 1. The van der Waals surface area contributed by atoms with E-state index in [0.29, 0.717) is 23.5 Å². The molecule has 0 amide bonds. The summed E-state index contributed by atoms with van der Waals surface area (Å²) < 4.78 is 10.6. The number of aromatic amines is 1. The van der Waals surface area contributed by atoms with Gasteiger partial charge in [0.25, 0.3) is 0 Å². The number of aromatic nitrogens is 4. The molecule has 11 nitrogen and oxygen atoms in total. The number of fused-ring (bicyclic) bond motifs is 1. The van der Waals surface area contributed by atoms with Crippen LogP contribution in [0.3, 0.4) is 0 Å². The number of nitrogens with one attached hydrogen (secondary N) is 2. The summed E-state index contributed by atoms with van der Waals surface area (Å²) in [5.41, 5.74) is 1.80. The summed E-state index contributed by atoms with van der Waals surface area (Å²) in [6.07, 6.45) is -3.33. The minimum atomic E-state index is -1.43. The fraction of sp³-hybridized carbons (Fsp3) is 0.353. The number of anilines is 1. The monoisotopic (exact) mass is 389 g/mol. The molecule has 3 aromatic rings. The van der Waals surface area contributed by atoms with Gasteiger partial charge in [0.15, 0.2) is 23.9 Å². The molecule has 2 aromatic heterocycles. The van der Waals surface area contributed by atoms with Crippen LogP contribution in [0.15, 0.2) is 30.6 Å². The molecule has 4 rings (SSSR count). The summed E-state index contributed by atoms with van der Waals surface area (Å²) in [5, 5.41) is 41.7. The van der Waals surface area contributed by atoms with Crippen molar-refractivity contribution in [3.05, 3.63) is 36.2 Å². The quantitative estimate of drug-likeness (QED) is 0.323. The minimum absolute atomic E-state index is 0.113. The highest BCUT2D eigenvalue weighted by Gasteiger charge is 2.45. The molecular formula is C17H19N5O6. The van der Waals surface area contributed by atoms with Crippen LogP contribution < -0.4 is 10.1 Å². The summed E-state index contributed by atoms with van der Waals surface area (Å²) in [6.45, 7) is -0.0496. The molecule has 0 unspecified atom stereocenters. The second-order valence-corrected chi connectivity index (χ2v) is 6.30. The number of H-pyrrole nitrogens is 1. The zero-order valence-electron chi connectivity index (χ0n) is 14.6. The van der Waals surface area contributed by atoms with E-state index in [4.69, 9.17) is 14.6 Å². The molecule has 1 saturated heterocycles. The van der Waals surface area contributed by atoms with Crippen molar-refractivity contribution in [3.8, 4) is 11.8 Å². The molecule has 1 aliphatic heterocycles. The van der Waals surface area contributed by atoms with E-state index < -0.39 is 31.2 Å². The van der Waals surface area contributed by atoms with Crippen molar-refractivity contribution in [2.45, 2.75) is 31.1 Å². The first-order chi connectivity index (χ1) is 13.5. The standard InChI is InChI=1S/C17H19N5O6/c23-6-10-12(25)13(16(26)27-10)28-17-21-14(11-15(22-17)20-7-19-11)18-5-8-1-3-9(24)4-2-8/h1-4,7,10,12-13,16,23-26H,5-6H2,(H2,18,19,20,21,22)/t10-,12-,13+,16-/m1/s1. The number of aliphatic hydroxyl groups is 3. The molecule has 0 saturated carbocycles. The Labute approximate surface area is 158 Å². The maximum Gasteiger partial charge on any atom is 0.321 e. The SMILES string of the molecule is OC[C@H]1O[C@@H](O)[C@@H](Oc2nc(NCc3ccc(O)cc3)c3[nH]cnc3n2)[C@@H]1O. The molecule has 0 spiro atoms. The Morgan fingerprint density at radius 3 is 2.68 bits per heavy atom. The molecule has 6 N–H and O–H groups in total. The third kappa shape index (κ3) is 3.55. The van der Waals surface area contributed by atoms with Crippen LogP contribution in [0, 0.1) is 0 Å². The Kier molecular flexibility index (Phi) is 4.96. The van der Waals surface area contributed by atoms with E-state index in [1.54, 1.807) is 24.3 Å². The molecule has 1 fully saturated rings. The molecule has 4 atom stereocenters. The lowest BCUT2D eigenvalue weighted by Crippen LogP contribution is -2.39. The average molecular weight is 389 g/mol. The van der Waals surface area contributed by atoms with Crippen LogP contribution in [0.2, 0.25) is 0 Å². The zero-order valence-corrected chi connectivity index (χ0v) is 14.6. The number of ether oxygens (including phenoxy) is 2. The molecule has 1 aliphatic rings. The average Bonchev–Trinajstić information content (AvgIpc) is 3.27. The normalized spacial score (nSPS) is 24.5. The van der Waals surface area contributed by atoms with Crippen LogP contribution in [0.25, 0.3) is 11.2 Å². The van der Waals surface area contributed by atoms with Crippen LogP contribution in [0.1, 0.15) is 5.56 Å². The third-order valence-corrected chi connectivity index (χ3v) is 4.40. The molecule has 148 valence electrons. The van der Waals surface area contributed by atoms with Gasteiger partial charge < -0.3 is 40.2 Å². The van der Waals surface area contributed by atoms with Crippen molar-refractivity contribution in [1.82, 2.24) is 19.9 Å². The van der Waals surface area contributed by atoms with Crippen molar-refractivity contribution < 1.29 is 29.9 Å². The Balaban J connectivity index is 1.56. The van der Waals surface area contributed by atoms with Gasteiger partial charge >= 0.3 is 6.01 Å². The molecule has 0 bridgehead atoms. The van der Waals surface area contributed by atoms with Crippen molar-refractivity contribution in [2.24, 2.45) is 0 Å². The molecule has 0 radical (unpaired) electrons. The largest absolute Gasteiger partial charge is 0.508 e.